The molecule has 0 saturated carbocycles. The summed E-state index contributed by atoms with van der Waals surface area (Å²) < 4.78 is 0. The predicted octanol–water partition coefficient (Wildman–Crippen LogP) is -2.05. The van der Waals surface area contributed by atoms with Crippen molar-refractivity contribution in [1.29, 1.82) is 0 Å². The highest BCUT2D eigenvalue weighted by Gasteiger charge is 2.23. The Morgan fingerprint density at radius 1 is 1.14 bits per heavy atom. The average Bonchev–Trinajstić information content (AvgIpc) is 2.22. The minimum Gasteiger partial charge on any atom is -0.0812 e. The standard InChI is InChI=1S/C4H9B10/c1-3-4(2)8-13(10-6)14(11-7)12-9-5/h4H,3H2,1-2H3. The van der Waals surface area contributed by atoms with Crippen LogP contribution in [0.25, 0.3) is 0 Å². The van der Waals surface area contributed by atoms with Gasteiger partial charge in [-0.05, 0) is 0 Å². The second kappa shape index (κ2) is 8.92. The van der Waals surface area contributed by atoms with E-state index in [9.17, 15) is 0 Å². The third-order valence-electron chi connectivity index (χ3n) is 2.42. The van der Waals surface area contributed by atoms with Crippen molar-refractivity contribution in [1.82, 2.24) is 0 Å². The Hall–Kier alpha value is 0.649. The molecule has 14 heavy (non-hydrogen) atoms. The first-order valence-electron chi connectivity index (χ1n) is 5.03. The van der Waals surface area contributed by atoms with E-state index >= 15 is 0 Å². The molecule has 0 rings (SSSR count). The van der Waals surface area contributed by atoms with Gasteiger partial charge in [-0.25, -0.2) is 0 Å². The molecular weight excluding hydrogens is 156 g/mol. The van der Waals surface area contributed by atoms with Crippen LogP contribution in [0.4, 0.5) is 0 Å². The van der Waals surface area contributed by atoms with Gasteiger partial charge in [0.15, 0.2) is 0 Å². The van der Waals surface area contributed by atoms with E-state index in [4.69, 9.17) is 23.2 Å². The van der Waals surface area contributed by atoms with E-state index < -0.39 is 0 Å². The van der Waals surface area contributed by atoms with Gasteiger partial charge in [-0.2, -0.15) is 0 Å². The topological polar surface area (TPSA) is 0 Å². The maximum Gasteiger partial charge on any atom is 0.0583 e. The van der Waals surface area contributed by atoms with Crippen LogP contribution in [0.1, 0.15) is 20.3 Å². The molecule has 1 unspecified atom stereocenters. The second-order valence-corrected chi connectivity index (χ2v) is 3.50. The van der Waals surface area contributed by atoms with Crippen LogP contribution in [-0.4, -0.2) is 71.4 Å². The van der Waals surface area contributed by atoms with Gasteiger partial charge in [-0.1, -0.05) is 26.1 Å². The van der Waals surface area contributed by atoms with E-state index in [2.05, 4.69) is 21.0 Å². The molecule has 55 valence electrons. The predicted molar refractivity (Wildman–Crippen MR) is 77.3 cm³/mol. The molecule has 0 spiro atoms. The van der Waals surface area contributed by atoms with Crippen molar-refractivity contribution in [2.45, 2.75) is 26.1 Å². The molecule has 0 aromatic heterocycles. The van der Waals surface area contributed by atoms with Crippen molar-refractivity contribution >= 4 is 71.4 Å². The number of hydrogen-bond acceptors (Lipinski definition) is 0. The summed E-state index contributed by atoms with van der Waals surface area (Å²) in [4.78, 5) is 0. The van der Waals surface area contributed by atoms with Crippen LogP contribution in [0.2, 0.25) is 5.82 Å². The summed E-state index contributed by atoms with van der Waals surface area (Å²) in [5.74, 6) is 0.536. The van der Waals surface area contributed by atoms with Crippen molar-refractivity contribution in [3.63, 3.8) is 0 Å². The Labute approximate surface area is 97.7 Å². The minimum absolute atomic E-state index is 0.0963. The monoisotopic (exact) mass is 167 g/mol. The molecular formula is C4H9B10. The fourth-order valence-electron chi connectivity index (χ4n) is 1.29. The normalized spacial score (nSPS) is 11.0. The largest absolute Gasteiger partial charge is 0.0812 e. The summed E-state index contributed by atoms with van der Waals surface area (Å²) in [5.41, 5.74) is 0. The summed E-state index contributed by atoms with van der Waals surface area (Å²) >= 11 is 0. The first-order chi connectivity index (χ1) is 6.69. The van der Waals surface area contributed by atoms with E-state index in [-0.39, 0.29) is 12.8 Å². The zero-order valence-corrected chi connectivity index (χ0v) is 9.06. The van der Waals surface area contributed by atoms with E-state index in [0.29, 0.717) is 5.82 Å². The Kier molecular flexibility index (Phi) is 9.33. The van der Waals surface area contributed by atoms with Crippen molar-refractivity contribution in [2.75, 3.05) is 0 Å². The maximum absolute atomic E-state index is 5.58. The lowest BCUT2D eigenvalue weighted by atomic mass is 8.64. The van der Waals surface area contributed by atoms with E-state index in [1.165, 1.54) is 7.06 Å². The van der Waals surface area contributed by atoms with Crippen LogP contribution in [-0.2, 0) is 0 Å². The molecule has 0 aliphatic carbocycles. The minimum atomic E-state index is 0.0963. The lowest BCUT2D eigenvalue weighted by Crippen LogP contribution is -2.57. The first-order valence-corrected chi connectivity index (χ1v) is 5.03. The van der Waals surface area contributed by atoms with Gasteiger partial charge in [-0.3, -0.25) is 0 Å². The van der Waals surface area contributed by atoms with Gasteiger partial charge < -0.3 is 0 Å². The Bertz CT molecular complexity index is 129. The van der Waals surface area contributed by atoms with E-state index in [1.54, 1.807) is 14.1 Å². The van der Waals surface area contributed by atoms with Gasteiger partial charge in [0.2, 0.25) is 0 Å². The number of rotatable bonds is 8. The Morgan fingerprint density at radius 2 is 1.71 bits per heavy atom. The van der Waals surface area contributed by atoms with Gasteiger partial charge >= 0.3 is 0 Å². The lowest BCUT2D eigenvalue weighted by molar-refractivity contribution is 0.877. The summed E-state index contributed by atoms with van der Waals surface area (Å²) in [6.07, 6.45) is 1.36. The quantitative estimate of drug-likeness (QED) is 0.363. The second-order valence-electron chi connectivity index (χ2n) is 3.50. The molecule has 0 aliphatic rings. The van der Waals surface area contributed by atoms with Crippen LogP contribution >= 0.6 is 0 Å². The highest BCUT2D eigenvalue weighted by Crippen LogP contribution is 2.07. The van der Waals surface area contributed by atoms with Gasteiger partial charge in [0, 0.05) is 64.2 Å². The van der Waals surface area contributed by atoms with Gasteiger partial charge in [-0.15, -0.1) is 0 Å². The number of hydrogen-bond donors (Lipinski definition) is 0. The van der Waals surface area contributed by atoms with Crippen LogP contribution in [0.5, 0.6) is 0 Å². The van der Waals surface area contributed by atoms with Crippen molar-refractivity contribution in [3.05, 3.63) is 0 Å². The van der Waals surface area contributed by atoms with Crippen LogP contribution in [0.15, 0.2) is 0 Å². The molecule has 0 aromatic carbocycles. The highest BCUT2D eigenvalue weighted by molar-refractivity contribution is 7.92. The lowest BCUT2D eigenvalue weighted by Gasteiger charge is -2.22. The first kappa shape index (κ1) is 14.6. The Morgan fingerprint density at radius 3 is 2.07 bits per heavy atom. The zero-order valence-electron chi connectivity index (χ0n) is 9.06. The fourth-order valence-corrected chi connectivity index (χ4v) is 1.29. The summed E-state index contributed by atoms with van der Waals surface area (Å²) in [6, 6.07) is 0. The average molecular weight is 165 g/mol. The molecule has 10 heteroatoms. The van der Waals surface area contributed by atoms with Gasteiger partial charge in [0.25, 0.3) is 0 Å². The molecule has 0 heterocycles. The van der Waals surface area contributed by atoms with Crippen molar-refractivity contribution < 1.29 is 0 Å². The molecule has 0 N–H and O–H groups in total. The molecule has 0 amide bonds. The molecule has 0 bridgehead atoms. The maximum atomic E-state index is 5.58. The van der Waals surface area contributed by atoms with Gasteiger partial charge in [0.1, 0.15) is 0 Å². The molecule has 0 fully saturated rings. The summed E-state index contributed by atoms with van der Waals surface area (Å²) in [7, 11) is 25.3. The zero-order chi connectivity index (χ0) is 11.0. The smallest absolute Gasteiger partial charge is 0.0583 e. The summed E-state index contributed by atoms with van der Waals surface area (Å²) in [6.45, 7) is 4.31. The molecule has 0 aliphatic heterocycles. The van der Waals surface area contributed by atoms with Gasteiger partial charge in [0.05, 0.1) is 7.17 Å². The van der Waals surface area contributed by atoms with Crippen LogP contribution in [0, 0.1) is 0 Å². The molecule has 0 aromatic rings. The highest BCUT2D eigenvalue weighted by atomic mass is 13.8. The molecule has 11 radical (unpaired) electrons. The van der Waals surface area contributed by atoms with Crippen molar-refractivity contribution in [3.8, 4) is 0 Å². The molecule has 0 saturated heterocycles. The molecule has 0 nitrogen and oxygen atoms in total. The third kappa shape index (κ3) is 5.51. The van der Waals surface area contributed by atoms with E-state index in [1.807, 2.05) is 7.06 Å². The molecule has 1 atom stereocenters. The van der Waals surface area contributed by atoms with Crippen molar-refractivity contribution in [2.24, 2.45) is 0 Å². The summed E-state index contributed by atoms with van der Waals surface area (Å²) in [5, 5.41) is 0. The van der Waals surface area contributed by atoms with Crippen LogP contribution in [0.3, 0.4) is 0 Å². The van der Waals surface area contributed by atoms with Crippen LogP contribution < -0.4 is 0 Å². The Balaban J connectivity index is 4.06. The SMILES string of the molecule is [B][B][B]B([B][B])B([B][B])[B]C(C)CC. The third-order valence-corrected chi connectivity index (χ3v) is 2.42. The van der Waals surface area contributed by atoms with E-state index in [0.717, 1.165) is 6.42 Å². The fraction of sp³-hybridized carbons (Fsp3) is 1.00.